The van der Waals surface area contributed by atoms with E-state index in [1.165, 1.54) is 26.0 Å². The lowest BCUT2D eigenvalue weighted by molar-refractivity contribution is 0.0974. The highest BCUT2D eigenvalue weighted by molar-refractivity contribution is 5.27. The lowest BCUT2D eigenvalue weighted by Gasteiger charge is -2.10. The van der Waals surface area contributed by atoms with E-state index in [0.717, 1.165) is 12.1 Å². The van der Waals surface area contributed by atoms with Crippen molar-refractivity contribution in [2.45, 2.75) is 27.1 Å². The third kappa shape index (κ3) is 3.24. The molecule has 2 aromatic carbocycles. The molecule has 0 amide bonds. The lowest BCUT2D eigenvalue weighted by atomic mass is 10.1. The number of benzene rings is 2. The summed E-state index contributed by atoms with van der Waals surface area (Å²) in [7, 11) is 0. The van der Waals surface area contributed by atoms with E-state index in [1.807, 2.05) is 0 Å². The molecule has 112 valence electrons. The molecule has 0 aliphatic carbocycles. The van der Waals surface area contributed by atoms with Gasteiger partial charge in [-0.25, -0.2) is 17.6 Å². The molecule has 21 heavy (non-hydrogen) atoms. The van der Waals surface area contributed by atoms with Crippen LogP contribution in [0, 0.1) is 37.1 Å². The molecule has 0 spiro atoms. The fraction of sp³-hybridized carbons (Fsp3) is 0.250. The smallest absolute Gasteiger partial charge is 0.134 e. The van der Waals surface area contributed by atoms with Gasteiger partial charge in [0.25, 0.3) is 0 Å². The molecule has 0 heterocycles. The molecule has 0 bridgehead atoms. The first-order valence-electron chi connectivity index (χ1n) is 6.36. The highest BCUT2D eigenvalue weighted by atomic mass is 19.1. The Bertz CT molecular complexity index is 610. The summed E-state index contributed by atoms with van der Waals surface area (Å²) in [6, 6.07) is 4.89. The molecule has 0 saturated carbocycles. The van der Waals surface area contributed by atoms with Gasteiger partial charge in [-0.05, 0) is 37.1 Å². The van der Waals surface area contributed by atoms with Crippen molar-refractivity contribution in [3.05, 3.63) is 69.8 Å². The maximum absolute atomic E-state index is 13.7. The third-order valence-electron chi connectivity index (χ3n) is 3.25. The van der Waals surface area contributed by atoms with Gasteiger partial charge in [-0.1, -0.05) is 12.1 Å². The van der Waals surface area contributed by atoms with Crippen LogP contribution in [0.15, 0.2) is 24.3 Å². The standard InChI is InChI=1S/C16H14F4O/c1-9-3-5-13(17)11(15(9)19)7-21-8-12-14(18)6-4-10(2)16(12)20/h3-6H,7-8H2,1-2H3. The lowest BCUT2D eigenvalue weighted by Crippen LogP contribution is -2.05. The summed E-state index contributed by atoms with van der Waals surface area (Å²) in [6.07, 6.45) is 0. The molecule has 0 radical (unpaired) electrons. The van der Waals surface area contributed by atoms with E-state index in [-0.39, 0.29) is 22.3 Å². The van der Waals surface area contributed by atoms with Crippen LogP contribution in [0.5, 0.6) is 0 Å². The summed E-state index contributed by atoms with van der Waals surface area (Å²) in [6.45, 7) is 2.20. The number of ether oxygens (including phenoxy) is 1. The van der Waals surface area contributed by atoms with Gasteiger partial charge in [0.1, 0.15) is 23.3 Å². The largest absolute Gasteiger partial charge is 0.372 e. The van der Waals surface area contributed by atoms with E-state index in [0.29, 0.717) is 0 Å². The Morgan fingerprint density at radius 2 is 1.10 bits per heavy atom. The van der Waals surface area contributed by atoms with Crippen LogP contribution in [0.2, 0.25) is 0 Å². The fourth-order valence-electron chi connectivity index (χ4n) is 1.95. The predicted octanol–water partition coefficient (Wildman–Crippen LogP) is 4.58. The topological polar surface area (TPSA) is 9.23 Å². The van der Waals surface area contributed by atoms with E-state index in [9.17, 15) is 17.6 Å². The van der Waals surface area contributed by atoms with E-state index in [1.54, 1.807) is 0 Å². The van der Waals surface area contributed by atoms with Crippen LogP contribution in [0.4, 0.5) is 17.6 Å². The van der Waals surface area contributed by atoms with Crippen molar-refractivity contribution in [2.75, 3.05) is 0 Å². The molecular formula is C16H14F4O. The molecule has 5 heteroatoms. The highest BCUT2D eigenvalue weighted by Crippen LogP contribution is 2.20. The van der Waals surface area contributed by atoms with Gasteiger partial charge in [-0.3, -0.25) is 0 Å². The van der Waals surface area contributed by atoms with Crippen molar-refractivity contribution in [1.29, 1.82) is 0 Å². The second-order valence-corrected chi connectivity index (χ2v) is 4.81. The van der Waals surface area contributed by atoms with Crippen LogP contribution in [0.1, 0.15) is 22.3 Å². The molecule has 0 atom stereocenters. The van der Waals surface area contributed by atoms with Gasteiger partial charge < -0.3 is 4.74 Å². The van der Waals surface area contributed by atoms with Crippen LogP contribution in [-0.4, -0.2) is 0 Å². The first kappa shape index (κ1) is 15.5. The predicted molar refractivity (Wildman–Crippen MR) is 70.7 cm³/mol. The summed E-state index contributed by atoms with van der Waals surface area (Å²) < 4.78 is 59.6. The average Bonchev–Trinajstić information content (AvgIpc) is 2.46. The van der Waals surface area contributed by atoms with E-state index in [2.05, 4.69) is 0 Å². The summed E-state index contributed by atoms with van der Waals surface area (Å²) in [5.41, 5.74) is 0.0674. The normalized spacial score (nSPS) is 11.0. The van der Waals surface area contributed by atoms with E-state index in [4.69, 9.17) is 4.74 Å². The Morgan fingerprint density at radius 1 is 0.714 bits per heavy atom. The fourth-order valence-corrected chi connectivity index (χ4v) is 1.95. The van der Waals surface area contributed by atoms with Crippen LogP contribution in [-0.2, 0) is 18.0 Å². The van der Waals surface area contributed by atoms with Crippen molar-refractivity contribution in [3.8, 4) is 0 Å². The van der Waals surface area contributed by atoms with Crippen molar-refractivity contribution < 1.29 is 22.3 Å². The minimum absolute atomic E-state index is 0.247. The maximum Gasteiger partial charge on any atom is 0.134 e. The van der Waals surface area contributed by atoms with E-state index >= 15 is 0 Å². The molecule has 0 aliphatic heterocycles. The van der Waals surface area contributed by atoms with Crippen molar-refractivity contribution in [2.24, 2.45) is 0 Å². The van der Waals surface area contributed by atoms with Crippen LogP contribution in [0.3, 0.4) is 0 Å². The second kappa shape index (κ2) is 6.26. The number of rotatable bonds is 4. The molecule has 2 rings (SSSR count). The number of hydrogen-bond acceptors (Lipinski definition) is 1. The van der Waals surface area contributed by atoms with Crippen LogP contribution in [0.25, 0.3) is 0 Å². The SMILES string of the molecule is Cc1ccc(F)c(COCc2c(F)ccc(C)c2F)c1F. The molecular weight excluding hydrogens is 284 g/mol. The zero-order chi connectivity index (χ0) is 15.6. The minimum Gasteiger partial charge on any atom is -0.372 e. The zero-order valence-corrected chi connectivity index (χ0v) is 11.6. The van der Waals surface area contributed by atoms with Crippen molar-refractivity contribution in [1.82, 2.24) is 0 Å². The Morgan fingerprint density at radius 3 is 1.48 bits per heavy atom. The number of hydrogen-bond donors (Lipinski definition) is 0. The zero-order valence-electron chi connectivity index (χ0n) is 11.6. The molecule has 0 unspecified atom stereocenters. The first-order chi connectivity index (χ1) is 9.91. The minimum atomic E-state index is -0.747. The van der Waals surface area contributed by atoms with Gasteiger partial charge in [-0.2, -0.15) is 0 Å². The number of aryl methyl sites for hydroxylation is 2. The second-order valence-electron chi connectivity index (χ2n) is 4.81. The molecule has 0 saturated heterocycles. The summed E-state index contributed by atoms with van der Waals surface area (Å²) in [5.74, 6) is -2.91. The van der Waals surface area contributed by atoms with Crippen molar-refractivity contribution >= 4 is 0 Å². The van der Waals surface area contributed by atoms with Crippen molar-refractivity contribution in [3.63, 3.8) is 0 Å². The Balaban J connectivity index is 2.13. The van der Waals surface area contributed by atoms with Crippen LogP contribution >= 0.6 is 0 Å². The third-order valence-corrected chi connectivity index (χ3v) is 3.25. The average molecular weight is 298 g/mol. The molecule has 0 aromatic heterocycles. The van der Waals surface area contributed by atoms with Crippen LogP contribution < -0.4 is 0 Å². The monoisotopic (exact) mass is 298 g/mol. The van der Waals surface area contributed by atoms with Gasteiger partial charge in [0.2, 0.25) is 0 Å². The summed E-state index contributed by atoms with van der Waals surface area (Å²) >= 11 is 0. The van der Waals surface area contributed by atoms with Gasteiger partial charge in [0.05, 0.1) is 13.2 Å². The Hall–Kier alpha value is -1.88. The molecule has 2 aromatic rings. The highest BCUT2D eigenvalue weighted by Gasteiger charge is 2.14. The van der Waals surface area contributed by atoms with E-state index < -0.39 is 36.5 Å². The molecule has 0 aliphatic rings. The summed E-state index contributed by atoms with van der Waals surface area (Å²) in [5, 5.41) is 0. The molecule has 0 fully saturated rings. The number of halogens is 4. The maximum atomic E-state index is 13.7. The van der Waals surface area contributed by atoms with Gasteiger partial charge >= 0.3 is 0 Å². The van der Waals surface area contributed by atoms with Gasteiger partial charge in [-0.15, -0.1) is 0 Å². The summed E-state index contributed by atoms with van der Waals surface area (Å²) in [4.78, 5) is 0. The van der Waals surface area contributed by atoms with Gasteiger partial charge in [0.15, 0.2) is 0 Å². The van der Waals surface area contributed by atoms with Gasteiger partial charge in [0, 0.05) is 11.1 Å². The Kier molecular flexibility index (Phi) is 4.63. The Labute approximate surface area is 120 Å². The first-order valence-corrected chi connectivity index (χ1v) is 6.36. The molecule has 0 N–H and O–H groups in total. The quantitative estimate of drug-likeness (QED) is 0.751. The molecule has 1 nitrogen and oxygen atoms in total.